The fourth-order valence-corrected chi connectivity index (χ4v) is 3.96. The van der Waals surface area contributed by atoms with Gasteiger partial charge in [0.2, 0.25) is 11.6 Å². The molecule has 0 N–H and O–H groups in total. The van der Waals surface area contributed by atoms with Gasteiger partial charge in [0.15, 0.2) is 0 Å². The molecule has 0 amide bonds. The maximum absolute atomic E-state index is 12.6. The smallest absolute Gasteiger partial charge is 0.312 e. The second-order valence-electron chi connectivity index (χ2n) is 7.07. The zero-order valence-electron chi connectivity index (χ0n) is 11.7. The van der Waals surface area contributed by atoms with Gasteiger partial charge in [0.25, 0.3) is 0 Å². The molecular formula is C15H22O4. The van der Waals surface area contributed by atoms with Crippen LogP contribution in [-0.2, 0) is 19.0 Å². The van der Waals surface area contributed by atoms with Crippen molar-refractivity contribution in [2.24, 2.45) is 11.3 Å². The van der Waals surface area contributed by atoms with Crippen molar-refractivity contribution in [2.75, 3.05) is 0 Å². The number of rotatable bonds is 2. The molecule has 0 bridgehead atoms. The van der Waals surface area contributed by atoms with E-state index in [2.05, 4.69) is 6.92 Å². The average Bonchev–Trinajstić information content (AvgIpc) is 3.16. The Bertz CT molecular complexity index is 420. The van der Waals surface area contributed by atoms with Gasteiger partial charge >= 0.3 is 5.97 Å². The van der Waals surface area contributed by atoms with Gasteiger partial charge in [-0.05, 0) is 38.5 Å². The van der Waals surface area contributed by atoms with E-state index < -0.39 is 11.2 Å². The van der Waals surface area contributed by atoms with Crippen LogP contribution in [0.3, 0.4) is 0 Å². The van der Waals surface area contributed by atoms with Gasteiger partial charge in [-0.25, -0.2) is 0 Å². The van der Waals surface area contributed by atoms with E-state index >= 15 is 0 Å². The van der Waals surface area contributed by atoms with Crippen molar-refractivity contribution in [2.45, 2.75) is 76.5 Å². The van der Waals surface area contributed by atoms with Crippen molar-refractivity contribution < 1.29 is 19.0 Å². The molecule has 106 valence electrons. The van der Waals surface area contributed by atoms with Crippen molar-refractivity contribution in [1.82, 2.24) is 0 Å². The summed E-state index contributed by atoms with van der Waals surface area (Å²) in [4.78, 5) is 12.6. The van der Waals surface area contributed by atoms with Crippen LogP contribution in [0.4, 0.5) is 0 Å². The minimum absolute atomic E-state index is 0.0409. The van der Waals surface area contributed by atoms with Gasteiger partial charge in [0.05, 0.1) is 5.41 Å². The maximum atomic E-state index is 12.6. The van der Waals surface area contributed by atoms with Crippen LogP contribution in [0, 0.1) is 11.3 Å². The molecule has 0 aromatic rings. The molecule has 4 rings (SSSR count). The lowest BCUT2D eigenvalue weighted by Crippen LogP contribution is -2.42. The Balaban J connectivity index is 1.46. The average molecular weight is 266 g/mol. The van der Waals surface area contributed by atoms with Crippen LogP contribution in [0.2, 0.25) is 0 Å². The van der Waals surface area contributed by atoms with E-state index in [0.29, 0.717) is 6.42 Å². The van der Waals surface area contributed by atoms with E-state index in [1.165, 1.54) is 19.3 Å². The Labute approximate surface area is 113 Å². The molecule has 0 aromatic heterocycles. The lowest BCUT2D eigenvalue weighted by Gasteiger charge is -2.35. The van der Waals surface area contributed by atoms with E-state index in [4.69, 9.17) is 14.2 Å². The molecule has 2 saturated heterocycles. The second kappa shape index (κ2) is 3.53. The summed E-state index contributed by atoms with van der Waals surface area (Å²) in [6.07, 6.45) is 7.31. The van der Waals surface area contributed by atoms with Gasteiger partial charge in [-0.2, -0.15) is 0 Å². The molecule has 2 saturated carbocycles. The zero-order valence-corrected chi connectivity index (χ0v) is 11.7. The lowest BCUT2D eigenvalue weighted by molar-refractivity contribution is -0.168. The number of ether oxygens (including phenoxy) is 3. The lowest BCUT2D eigenvalue weighted by atomic mass is 9.68. The first-order valence-corrected chi connectivity index (χ1v) is 7.61. The van der Waals surface area contributed by atoms with Gasteiger partial charge in [-0.3, -0.25) is 4.79 Å². The van der Waals surface area contributed by atoms with Crippen molar-refractivity contribution in [3.8, 4) is 0 Å². The van der Waals surface area contributed by atoms with Gasteiger partial charge < -0.3 is 14.2 Å². The standard InChI is InChI=1S/C15H22O4/c1-10-8-14-15(18-14,19-14)9-13(10,2)12(16)17-11-6-4-3-5-7-11/h10-11H,3-9H2,1-2H3. The minimum atomic E-state index is -0.450. The summed E-state index contributed by atoms with van der Waals surface area (Å²) in [5.74, 6) is -0.515. The predicted molar refractivity (Wildman–Crippen MR) is 67.1 cm³/mol. The van der Waals surface area contributed by atoms with Crippen LogP contribution in [-0.4, -0.2) is 23.6 Å². The van der Waals surface area contributed by atoms with E-state index in [1.807, 2.05) is 6.92 Å². The third-order valence-electron chi connectivity index (χ3n) is 5.71. The second-order valence-corrected chi connectivity index (χ2v) is 7.07. The third-order valence-corrected chi connectivity index (χ3v) is 5.71. The molecule has 4 aliphatic rings. The van der Waals surface area contributed by atoms with E-state index in [9.17, 15) is 4.79 Å². The summed E-state index contributed by atoms with van der Waals surface area (Å²) in [7, 11) is 0. The molecule has 2 heterocycles. The van der Waals surface area contributed by atoms with E-state index in [1.54, 1.807) is 0 Å². The number of epoxide rings is 2. The number of esters is 1. The Morgan fingerprint density at radius 1 is 1.16 bits per heavy atom. The van der Waals surface area contributed by atoms with Gasteiger partial charge in [-0.15, -0.1) is 0 Å². The number of hydrogen-bond acceptors (Lipinski definition) is 4. The van der Waals surface area contributed by atoms with Crippen LogP contribution in [0.5, 0.6) is 0 Å². The maximum Gasteiger partial charge on any atom is 0.312 e. The summed E-state index contributed by atoms with van der Waals surface area (Å²) >= 11 is 0. The molecule has 2 aliphatic heterocycles. The van der Waals surface area contributed by atoms with Crippen molar-refractivity contribution in [3.05, 3.63) is 0 Å². The third kappa shape index (κ3) is 1.56. The monoisotopic (exact) mass is 266 g/mol. The molecule has 4 nitrogen and oxygen atoms in total. The minimum Gasteiger partial charge on any atom is -0.462 e. The highest BCUT2D eigenvalue weighted by atomic mass is 17.0. The number of carbonyl (C=O) groups is 1. The van der Waals surface area contributed by atoms with E-state index in [0.717, 1.165) is 19.3 Å². The molecule has 2 atom stereocenters. The van der Waals surface area contributed by atoms with Crippen molar-refractivity contribution in [1.29, 1.82) is 0 Å². The SMILES string of the molecule is CC1CC23OC2(CC1(C)C(=O)OC1CCCCC1)O3. The first-order valence-electron chi connectivity index (χ1n) is 7.61. The van der Waals surface area contributed by atoms with Gasteiger partial charge in [0.1, 0.15) is 6.10 Å². The quantitative estimate of drug-likeness (QED) is 0.569. The molecule has 4 fully saturated rings. The molecule has 19 heavy (non-hydrogen) atoms. The normalized spacial score (nSPS) is 52.0. The highest BCUT2D eigenvalue weighted by Crippen LogP contribution is 2.78. The Morgan fingerprint density at radius 2 is 1.84 bits per heavy atom. The fraction of sp³-hybridized carbons (Fsp3) is 0.933. The number of hydrogen-bond donors (Lipinski definition) is 0. The molecule has 2 unspecified atom stereocenters. The Kier molecular flexibility index (Phi) is 2.26. The first-order chi connectivity index (χ1) is 9.00. The summed E-state index contributed by atoms with van der Waals surface area (Å²) in [6, 6.07) is 0. The summed E-state index contributed by atoms with van der Waals surface area (Å²) in [5, 5.41) is 0. The molecule has 4 heteroatoms. The van der Waals surface area contributed by atoms with Gasteiger partial charge in [0, 0.05) is 12.8 Å². The Hall–Kier alpha value is -0.610. The van der Waals surface area contributed by atoms with Crippen LogP contribution >= 0.6 is 0 Å². The molecule has 0 radical (unpaired) electrons. The van der Waals surface area contributed by atoms with Crippen molar-refractivity contribution in [3.63, 3.8) is 0 Å². The molecular weight excluding hydrogens is 244 g/mol. The van der Waals surface area contributed by atoms with Gasteiger partial charge in [-0.1, -0.05) is 13.3 Å². The zero-order chi connectivity index (χ0) is 13.3. The highest BCUT2D eigenvalue weighted by Gasteiger charge is 2.94. The largest absolute Gasteiger partial charge is 0.462 e. The molecule has 0 spiro atoms. The predicted octanol–water partition coefficient (Wildman–Crippen LogP) is 2.75. The highest BCUT2D eigenvalue weighted by molar-refractivity contribution is 5.78. The van der Waals surface area contributed by atoms with Crippen LogP contribution in [0.25, 0.3) is 0 Å². The topological polar surface area (TPSA) is 51.4 Å². The first kappa shape index (κ1) is 12.2. The number of carbonyl (C=O) groups excluding carboxylic acids is 1. The molecule has 2 aliphatic carbocycles. The van der Waals surface area contributed by atoms with Crippen LogP contribution in [0.15, 0.2) is 0 Å². The van der Waals surface area contributed by atoms with E-state index in [-0.39, 0.29) is 23.8 Å². The molecule has 0 aromatic carbocycles. The summed E-state index contributed by atoms with van der Waals surface area (Å²) in [5.41, 5.74) is -0.450. The van der Waals surface area contributed by atoms with Crippen molar-refractivity contribution >= 4 is 5.97 Å². The summed E-state index contributed by atoms with van der Waals surface area (Å²) in [6.45, 7) is 4.13. The van der Waals surface area contributed by atoms with Crippen LogP contribution in [0.1, 0.15) is 58.8 Å². The Morgan fingerprint density at radius 3 is 2.53 bits per heavy atom. The summed E-state index contributed by atoms with van der Waals surface area (Å²) < 4.78 is 17.0. The van der Waals surface area contributed by atoms with Crippen LogP contribution < -0.4 is 0 Å². The fourth-order valence-electron chi connectivity index (χ4n) is 3.96.